The molecule has 0 aliphatic carbocycles. The lowest BCUT2D eigenvalue weighted by Gasteiger charge is -2.06. The van der Waals surface area contributed by atoms with Gasteiger partial charge in [0.15, 0.2) is 5.43 Å². The number of hydrogen-bond donors (Lipinski definition) is 1. The average Bonchev–Trinajstić information content (AvgIpc) is 2.46. The van der Waals surface area contributed by atoms with Crippen molar-refractivity contribution in [3.05, 3.63) is 40.2 Å². The molecule has 0 saturated carbocycles. The van der Waals surface area contributed by atoms with Crippen LogP contribution in [0.1, 0.15) is 29.8 Å². The van der Waals surface area contributed by atoms with Crippen LogP contribution in [0.15, 0.2) is 33.5 Å². The smallest absolute Gasteiger partial charge is 0.371 e. The number of rotatable bonds is 7. The number of hydrogen-bond acceptors (Lipinski definition) is 4. The Bertz CT molecular complexity index is 692. The fraction of sp³-hybridized carbons (Fsp3) is 0.333. The van der Waals surface area contributed by atoms with Crippen molar-refractivity contribution in [3.8, 4) is 5.75 Å². The van der Waals surface area contributed by atoms with Gasteiger partial charge in [-0.2, -0.15) is 0 Å². The highest BCUT2D eigenvalue weighted by molar-refractivity contribution is 9.09. The molecule has 1 aromatic heterocycles. The van der Waals surface area contributed by atoms with Crippen molar-refractivity contribution in [1.82, 2.24) is 0 Å². The molecule has 0 fully saturated rings. The molecule has 5 nitrogen and oxygen atoms in total. The number of carboxylic acids is 1. The highest BCUT2D eigenvalue weighted by Crippen LogP contribution is 2.20. The maximum Gasteiger partial charge on any atom is 0.371 e. The van der Waals surface area contributed by atoms with Crippen LogP contribution in [0.4, 0.5) is 0 Å². The molecule has 0 aliphatic rings. The predicted molar refractivity (Wildman–Crippen MR) is 82.6 cm³/mol. The molecule has 0 aliphatic heterocycles. The van der Waals surface area contributed by atoms with E-state index in [1.165, 1.54) is 0 Å². The van der Waals surface area contributed by atoms with E-state index in [0.29, 0.717) is 17.7 Å². The van der Waals surface area contributed by atoms with E-state index in [4.69, 9.17) is 14.3 Å². The van der Waals surface area contributed by atoms with Crippen LogP contribution in [0.5, 0.6) is 5.75 Å². The molecule has 2 rings (SSSR count). The standard InChI is InChI=1S/C15H15BrO5/c16-6-2-1-3-7-20-10-4-5-11-12(17)9-14(15(18)19)21-13(11)8-10/h4-5,8-9H,1-3,6-7H2,(H,18,19). The number of carbonyl (C=O) groups is 1. The van der Waals surface area contributed by atoms with Gasteiger partial charge in [-0.15, -0.1) is 0 Å². The zero-order valence-corrected chi connectivity index (χ0v) is 12.9. The summed E-state index contributed by atoms with van der Waals surface area (Å²) in [5.74, 6) is -1.08. The summed E-state index contributed by atoms with van der Waals surface area (Å²) < 4.78 is 10.8. The Morgan fingerprint density at radius 1 is 1.24 bits per heavy atom. The second kappa shape index (κ2) is 7.26. The number of ether oxygens (including phenoxy) is 1. The average molecular weight is 355 g/mol. The van der Waals surface area contributed by atoms with Gasteiger partial charge < -0.3 is 14.3 Å². The van der Waals surface area contributed by atoms with Crippen molar-refractivity contribution in [3.63, 3.8) is 0 Å². The first-order valence-corrected chi connectivity index (χ1v) is 7.74. The lowest BCUT2D eigenvalue weighted by atomic mass is 10.2. The molecular weight excluding hydrogens is 340 g/mol. The van der Waals surface area contributed by atoms with Crippen LogP contribution in [0.3, 0.4) is 0 Å². The van der Waals surface area contributed by atoms with Crippen LogP contribution in [0.2, 0.25) is 0 Å². The number of carboxylic acid groups (broad SMARTS) is 1. The van der Waals surface area contributed by atoms with E-state index in [2.05, 4.69) is 15.9 Å². The Hall–Kier alpha value is -1.82. The number of fused-ring (bicyclic) bond motifs is 1. The molecule has 0 spiro atoms. The third-order valence-electron chi connectivity index (χ3n) is 2.96. The number of halogens is 1. The first-order valence-electron chi connectivity index (χ1n) is 6.62. The molecule has 0 radical (unpaired) electrons. The SMILES string of the molecule is O=C(O)c1cc(=O)c2ccc(OCCCCCBr)cc2o1. The molecule has 1 heterocycles. The van der Waals surface area contributed by atoms with Crippen molar-refractivity contribution in [2.45, 2.75) is 19.3 Å². The minimum atomic E-state index is -1.27. The second-order valence-electron chi connectivity index (χ2n) is 4.54. The summed E-state index contributed by atoms with van der Waals surface area (Å²) in [5.41, 5.74) is -0.157. The first kappa shape index (κ1) is 15.6. The summed E-state index contributed by atoms with van der Waals surface area (Å²) in [7, 11) is 0. The van der Waals surface area contributed by atoms with Crippen molar-refractivity contribution < 1.29 is 19.1 Å². The third-order valence-corrected chi connectivity index (χ3v) is 3.52. The minimum Gasteiger partial charge on any atom is -0.493 e. The minimum absolute atomic E-state index is 0.220. The summed E-state index contributed by atoms with van der Waals surface area (Å²) in [6.45, 7) is 0.571. The fourth-order valence-electron chi connectivity index (χ4n) is 1.89. The normalized spacial score (nSPS) is 10.7. The van der Waals surface area contributed by atoms with E-state index < -0.39 is 5.97 Å². The molecule has 1 N–H and O–H groups in total. The van der Waals surface area contributed by atoms with Crippen LogP contribution < -0.4 is 10.2 Å². The Labute approximate surface area is 129 Å². The van der Waals surface area contributed by atoms with Crippen LogP contribution >= 0.6 is 15.9 Å². The molecule has 0 atom stereocenters. The lowest BCUT2D eigenvalue weighted by Crippen LogP contribution is -2.06. The quantitative estimate of drug-likeness (QED) is 0.608. The summed E-state index contributed by atoms with van der Waals surface area (Å²) in [4.78, 5) is 22.7. The fourth-order valence-corrected chi connectivity index (χ4v) is 2.29. The number of unbranched alkanes of at least 4 members (excludes halogenated alkanes) is 2. The van der Waals surface area contributed by atoms with Gasteiger partial charge in [0.05, 0.1) is 12.0 Å². The molecule has 21 heavy (non-hydrogen) atoms. The van der Waals surface area contributed by atoms with Crippen molar-refractivity contribution in [2.75, 3.05) is 11.9 Å². The highest BCUT2D eigenvalue weighted by atomic mass is 79.9. The molecule has 0 bridgehead atoms. The van der Waals surface area contributed by atoms with Gasteiger partial charge in [-0.05, 0) is 31.4 Å². The molecule has 112 valence electrons. The molecule has 0 saturated heterocycles. The summed E-state index contributed by atoms with van der Waals surface area (Å²) >= 11 is 3.37. The van der Waals surface area contributed by atoms with E-state index in [9.17, 15) is 9.59 Å². The Morgan fingerprint density at radius 3 is 2.76 bits per heavy atom. The van der Waals surface area contributed by atoms with Crippen LogP contribution in [0.25, 0.3) is 11.0 Å². The zero-order valence-electron chi connectivity index (χ0n) is 11.3. The Balaban J connectivity index is 2.16. The molecule has 0 amide bonds. The summed E-state index contributed by atoms with van der Waals surface area (Å²) in [5, 5.41) is 10.2. The molecule has 2 aromatic rings. The summed E-state index contributed by atoms with van der Waals surface area (Å²) in [6.07, 6.45) is 3.09. The number of benzene rings is 1. The maximum atomic E-state index is 11.8. The van der Waals surface area contributed by atoms with E-state index in [0.717, 1.165) is 30.7 Å². The van der Waals surface area contributed by atoms with Gasteiger partial charge in [-0.25, -0.2) is 4.79 Å². The van der Waals surface area contributed by atoms with Gasteiger partial charge in [0.25, 0.3) is 0 Å². The Morgan fingerprint density at radius 2 is 2.05 bits per heavy atom. The van der Waals surface area contributed by atoms with Crippen LogP contribution in [-0.4, -0.2) is 23.0 Å². The molecule has 0 unspecified atom stereocenters. The van der Waals surface area contributed by atoms with Gasteiger partial charge in [0.1, 0.15) is 11.3 Å². The van der Waals surface area contributed by atoms with Gasteiger partial charge in [-0.1, -0.05) is 15.9 Å². The summed E-state index contributed by atoms with van der Waals surface area (Å²) in [6, 6.07) is 5.80. The van der Waals surface area contributed by atoms with Crippen LogP contribution in [0, 0.1) is 0 Å². The molecular formula is C15H15BrO5. The van der Waals surface area contributed by atoms with Gasteiger partial charge in [-0.3, -0.25) is 4.79 Å². The van der Waals surface area contributed by atoms with Crippen molar-refractivity contribution in [1.29, 1.82) is 0 Å². The maximum absolute atomic E-state index is 11.8. The van der Waals surface area contributed by atoms with E-state index >= 15 is 0 Å². The van der Waals surface area contributed by atoms with Gasteiger partial charge in [0, 0.05) is 17.5 Å². The monoisotopic (exact) mass is 354 g/mol. The largest absolute Gasteiger partial charge is 0.493 e. The highest BCUT2D eigenvalue weighted by Gasteiger charge is 2.11. The predicted octanol–water partition coefficient (Wildman–Crippen LogP) is 3.44. The topological polar surface area (TPSA) is 76.7 Å². The van der Waals surface area contributed by atoms with Crippen molar-refractivity contribution >= 4 is 32.9 Å². The Kier molecular flexibility index (Phi) is 5.38. The van der Waals surface area contributed by atoms with E-state index in [1.54, 1.807) is 18.2 Å². The number of alkyl halides is 1. The first-order chi connectivity index (χ1) is 10.1. The van der Waals surface area contributed by atoms with E-state index in [-0.39, 0.29) is 16.8 Å². The molecule has 6 heteroatoms. The van der Waals surface area contributed by atoms with E-state index in [1.807, 2.05) is 0 Å². The third kappa shape index (κ3) is 4.07. The van der Waals surface area contributed by atoms with Gasteiger partial charge >= 0.3 is 5.97 Å². The second-order valence-corrected chi connectivity index (χ2v) is 5.33. The van der Waals surface area contributed by atoms with Crippen LogP contribution in [-0.2, 0) is 0 Å². The number of aromatic carboxylic acids is 1. The van der Waals surface area contributed by atoms with Gasteiger partial charge in [0.2, 0.25) is 5.76 Å². The lowest BCUT2D eigenvalue weighted by molar-refractivity contribution is 0.0663. The van der Waals surface area contributed by atoms with Crippen molar-refractivity contribution in [2.24, 2.45) is 0 Å². The zero-order chi connectivity index (χ0) is 15.2. The molecule has 1 aromatic carbocycles.